The molecule has 6 rings (SSSR count). The van der Waals surface area contributed by atoms with Gasteiger partial charge in [0.05, 0.1) is 13.1 Å². The summed E-state index contributed by atoms with van der Waals surface area (Å²) < 4.78 is 38.4. The van der Waals surface area contributed by atoms with Crippen molar-refractivity contribution in [2.75, 3.05) is 31.5 Å². The van der Waals surface area contributed by atoms with Gasteiger partial charge in [-0.15, -0.1) is 0 Å². The van der Waals surface area contributed by atoms with Crippen LogP contribution in [0, 0.1) is 5.92 Å². The summed E-state index contributed by atoms with van der Waals surface area (Å²) in [5, 5.41) is 21.9. The van der Waals surface area contributed by atoms with Crippen LogP contribution >= 0.6 is 0 Å². The Kier molecular flexibility index (Phi) is 9.52. The molecule has 0 spiro atoms. The number of piperidine rings is 3. The normalized spacial score (nSPS) is 21.8. The molecule has 3 aromatic rings. The molecule has 2 bridgehead atoms. The number of aliphatic carboxylic acids is 1. The molecular weight excluding hydrogens is 553 g/mol. The number of phenolic OH excluding ortho intramolecular Hbond substituents is 1. The molecule has 3 fully saturated rings. The molecule has 222 valence electrons. The monoisotopic (exact) mass is 584 g/mol. The molecule has 3 aromatic carbocycles. The second-order valence-corrected chi connectivity index (χ2v) is 10.6. The number of carbonyl (C=O) groups excluding carboxylic acids is 3. The molecule has 3 aliphatic heterocycles. The first-order chi connectivity index (χ1) is 20.0. The lowest BCUT2D eigenvalue weighted by Crippen LogP contribution is -2.65. The first-order valence-electron chi connectivity index (χ1n) is 13.5. The predicted molar refractivity (Wildman–Crippen MR) is 145 cm³/mol. The van der Waals surface area contributed by atoms with Crippen LogP contribution in [0.5, 0.6) is 5.75 Å². The Balaban J connectivity index is 0.000000517. The molecule has 42 heavy (non-hydrogen) atoms. The molecule has 8 nitrogen and oxygen atoms in total. The van der Waals surface area contributed by atoms with E-state index < -0.39 is 18.2 Å². The largest absolute Gasteiger partial charge is 0.542 e. The highest BCUT2D eigenvalue weighted by Gasteiger charge is 2.49. The Bertz CT molecular complexity index is 1380. The summed E-state index contributed by atoms with van der Waals surface area (Å²) in [5.74, 6) is -2.87. The smallest absolute Gasteiger partial charge is 0.430 e. The highest BCUT2D eigenvalue weighted by Crippen LogP contribution is 2.37. The summed E-state index contributed by atoms with van der Waals surface area (Å²) in [6.07, 6.45) is -3.54. The number of alkyl halides is 3. The van der Waals surface area contributed by atoms with Gasteiger partial charge in [0.2, 0.25) is 5.78 Å². The van der Waals surface area contributed by atoms with Crippen LogP contribution in [0.1, 0.15) is 34.8 Å². The minimum Gasteiger partial charge on any atom is -0.542 e. The minimum absolute atomic E-state index is 0.0132. The summed E-state index contributed by atoms with van der Waals surface area (Å²) >= 11 is 0. The highest BCUT2D eigenvalue weighted by molar-refractivity contribution is 5.97. The Morgan fingerprint density at radius 3 is 2.12 bits per heavy atom. The van der Waals surface area contributed by atoms with Crippen molar-refractivity contribution >= 4 is 23.4 Å². The fourth-order valence-electron chi connectivity index (χ4n) is 5.49. The molecule has 0 aromatic heterocycles. The van der Waals surface area contributed by atoms with Gasteiger partial charge in [-0.1, -0.05) is 60.7 Å². The van der Waals surface area contributed by atoms with E-state index in [1.807, 2.05) is 60.7 Å². The van der Waals surface area contributed by atoms with E-state index in [2.05, 4.69) is 5.32 Å². The second-order valence-electron chi connectivity index (χ2n) is 10.6. The van der Waals surface area contributed by atoms with Gasteiger partial charge in [-0.2, -0.15) is 13.2 Å². The number of nitrogens with one attached hydrogen (secondary N) is 1. The van der Waals surface area contributed by atoms with E-state index in [1.165, 1.54) is 6.07 Å². The van der Waals surface area contributed by atoms with Crippen LogP contribution in [-0.2, 0) is 14.3 Å². The van der Waals surface area contributed by atoms with Crippen LogP contribution in [0.25, 0.3) is 0 Å². The van der Waals surface area contributed by atoms with Gasteiger partial charge in [-0.25, -0.2) is 4.79 Å². The third-order valence-corrected chi connectivity index (χ3v) is 7.64. The summed E-state index contributed by atoms with van der Waals surface area (Å²) in [6, 6.07) is 25.2. The SMILES string of the molecule is O=C(C[N+]12CCC(CC1)[C@@H](OC(=O)[C@H](Nc1ccccc1)c1ccccc1)C2)c1cccc(O)c1.O=C([O-])C(F)(F)F. The van der Waals surface area contributed by atoms with E-state index >= 15 is 0 Å². The third kappa shape index (κ3) is 7.88. The quantitative estimate of drug-likeness (QED) is 0.235. The number of Topliss-reactive ketones (excluding diaryl/α,β-unsaturated/α-hetero) is 1. The standard InChI is InChI=1S/C29H30N2O4.C2HF3O2/c32-25-13-7-10-23(18-25)26(33)19-31-16-14-21(15-17-31)27(20-31)35-29(34)28(22-8-3-1-4-9-22)30-24-11-5-2-6-12-24;3-2(4,5)1(6)7/h1-13,18,21,27-28,30H,14-17,19-20H2;(H,6,7)/t21?,27-,28+,31?;/m0./s1. The fraction of sp³-hybridized carbons (Fsp3) is 0.323. The Morgan fingerprint density at radius 1 is 0.952 bits per heavy atom. The van der Waals surface area contributed by atoms with Crippen LogP contribution in [0.3, 0.4) is 0 Å². The van der Waals surface area contributed by atoms with Crippen molar-refractivity contribution in [3.63, 3.8) is 0 Å². The summed E-state index contributed by atoms with van der Waals surface area (Å²) in [7, 11) is 0. The molecule has 0 unspecified atom stereocenters. The molecule has 0 aliphatic carbocycles. The lowest BCUT2D eigenvalue weighted by molar-refractivity contribution is -0.938. The van der Waals surface area contributed by atoms with Gasteiger partial charge in [0.25, 0.3) is 0 Å². The molecule has 3 saturated heterocycles. The van der Waals surface area contributed by atoms with Gasteiger partial charge >= 0.3 is 12.1 Å². The zero-order valence-electron chi connectivity index (χ0n) is 22.6. The maximum atomic E-state index is 13.5. The number of quaternary nitrogens is 1. The van der Waals surface area contributed by atoms with Crippen LogP contribution < -0.4 is 10.4 Å². The van der Waals surface area contributed by atoms with E-state index in [-0.39, 0.29) is 23.6 Å². The minimum atomic E-state index is -5.19. The first-order valence-corrected chi connectivity index (χ1v) is 13.5. The number of nitrogens with zero attached hydrogens (tertiary/aromatic N) is 1. The number of esters is 1. The molecule has 2 N–H and O–H groups in total. The fourth-order valence-corrected chi connectivity index (χ4v) is 5.49. The number of fused-ring (bicyclic) bond motifs is 3. The van der Waals surface area contributed by atoms with E-state index in [0.717, 1.165) is 37.2 Å². The molecule has 0 amide bonds. The number of ketones is 1. The van der Waals surface area contributed by atoms with Crippen molar-refractivity contribution in [3.8, 4) is 5.75 Å². The van der Waals surface area contributed by atoms with E-state index in [4.69, 9.17) is 14.6 Å². The topological polar surface area (TPSA) is 116 Å². The number of carboxylic acids is 1. The van der Waals surface area contributed by atoms with Gasteiger partial charge in [0.15, 0.2) is 12.1 Å². The third-order valence-electron chi connectivity index (χ3n) is 7.64. The molecule has 3 heterocycles. The van der Waals surface area contributed by atoms with Crippen molar-refractivity contribution in [1.29, 1.82) is 0 Å². The highest BCUT2D eigenvalue weighted by atomic mass is 19.4. The van der Waals surface area contributed by atoms with Crippen molar-refractivity contribution in [3.05, 3.63) is 96.1 Å². The predicted octanol–water partition coefficient (Wildman–Crippen LogP) is 3.88. The summed E-state index contributed by atoms with van der Waals surface area (Å²) in [6.45, 7) is 2.82. The molecule has 2 atom stereocenters. The zero-order chi connectivity index (χ0) is 30.3. The average molecular weight is 585 g/mol. The van der Waals surface area contributed by atoms with E-state index in [0.29, 0.717) is 29.1 Å². The second kappa shape index (κ2) is 13.1. The lowest BCUT2D eigenvalue weighted by Gasteiger charge is -2.51. The van der Waals surface area contributed by atoms with Crippen molar-refractivity contribution in [2.45, 2.75) is 31.2 Å². The average Bonchev–Trinajstić information content (AvgIpc) is 2.97. The van der Waals surface area contributed by atoms with Crippen molar-refractivity contribution in [1.82, 2.24) is 0 Å². The van der Waals surface area contributed by atoms with Gasteiger partial charge in [0.1, 0.15) is 24.8 Å². The maximum Gasteiger partial charge on any atom is 0.430 e. The maximum absolute atomic E-state index is 13.5. The van der Waals surface area contributed by atoms with Crippen molar-refractivity contribution < 1.29 is 47.0 Å². The number of rotatable bonds is 8. The van der Waals surface area contributed by atoms with E-state index in [1.54, 1.807) is 18.2 Å². The summed E-state index contributed by atoms with van der Waals surface area (Å²) in [4.78, 5) is 35.3. The molecule has 11 heteroatoms. The first kappa shape index (κ1) is 30.6. The van der Waals surface area contributed by atoms with Crippen LogP contribution in [0.2, 0.25) is 0 Å². The molecule has 0 saturated carbocycles. The Labute approximate surface area is 240 Å². The zero-order valence-corrected chi connectivity index (χ0v) is 22.6. The number of hydrogen-bond acceptors (Lipinski definition) is 7. The number of aromatic hydroxyl groups is 1. The van der Waals surface area contributed by atoms with Crippen LogP contribution in [0.4, 0.5) is 18.9 Å². The Morgan fingerprint density at radius 2 is 1.55 bits per heavy atom. The van der Waals surface area contributed by atoms with Gasteiger partial charge < -0.3 is 29.5 Å². The number of carbonyl (C=O) groups is 3. The lowest BCUT2D eigenvalue weighted by atomic mass is 9.82. The number of phenols is 1. The number of ether oxygens (including phenoxy) is 1. The van der Waals surface area contributed by atoms with Gasteiger partial charge in [-0.3, -0.25) is 4.79 Å². The van der Waals surface area contributed by atoms with Gasteiger partial charge in [0, 0.05) is 30.0 Å². The number of para-hydroxylation sites is 1. The summed E-state index contributed by atoms with van der Waals surface area (Å²) in [5.41, 5.74) is 2.23. The number of benzene rings is 3. The van der Waals surface area contributed by atoms with Crippen LogP contribution in [0.15, 0.2) is 84.9 Å². The number of carboxylic acid groups (broad SMARTS) is 1. The molecular formula is C31H31F3N2O6. The molecule has 3 aliphatic rings. The number of anilines is 1. The Hall–Kier alpha value is -4.38. The number of halogens is 3. The van der Waals surface area contributed by atoms with Crippen molar-refractivity contribution in [2.24, 2.45) is 5.92 Å². The van der Waals surface area contributed by atoms with Gasteiger partial charge in [-0.05, 0) is 29.8 Å². The number of hydrogen-bond donors (Lipinski definition) is 2. The van der Waals surface area contributed by atoms with Crippen LogP contribution in [-0.4, -0.2) is 65.8 Å². The van der Waals surface area contributed by atoms with E-state index in [9.17, 15) is 27.9 Å². The molecule has 0 radical (unpaired) electrons.